The Morgan fingerprint density at radius 1 is 1.25 bits per heavy atom. The highest BCUT2D eigenvalue weighted by molar-refractivity contribution is 9.12. The van der Waals surface area contributed by atoms with E-state index in [-0.39, 0.29) is 5.97 Å². The maximum absolute atomic E-state index is 11.4. The Bertz CT molecular complexity index is 475. The number of halogens is 2. The third-order valence-electron chi connectivity index (χ3n) is 2.27. The largest absolute Gasteiger partial charge is 0.422 e. The zero-order valence-corrected chi connectivity index (χ0v) is 11.4. The summed E-state index contributed by atoms with van der Waals surface area (Å²) in [5.41, 5.74) is 2.01. The van der Waals surface area contributed by atoms with Crippen molar-refractivity contribution < 1.29 is 9.53 Å². The second-order valence-corrected chi connectivity index (χ2v) is 4.57. The number of benzene rings is 1. The summed E-state index contributed by atoms with van der Waals surface area (Å²) in [5, 5.41) is 0. The Hall–Kier alpha value is -0.870. The van der Waals surface area contributed by atoms with Crippen LogP contribution in [0.3, 0.4) is 0 Å². The van der Waals surface area contributed by atoms with Crippen LogP contribution in [-0.2, 0) is 16.0 Å². The first kappa shape index (κ1) is 11.6. The topological polar surface area (TPSA) is 26.3 Å². The van der Waals surface area contributed by atoms with Crippen LogP contribution in [0, 0.1) is 0 Å². The molecule has 0 amide bonds. The Balaban J connectivity index is 2.30. The summed E-state index contributed by atoms with van der Waals surface area (Å²) in [7, 11) is 0. The smallest absolute Gasteiger partial charge is 0.351 e. The van der Waals surface area contributed by atoms with E-state index < -0.39 is 0 Å². The van der Waals surface area contributed by atoms with Crippen LogP contribution in [0.2, 0.25) is 0 Å². The van der Waals surface area contributed by atoms with Crippen molar-refractivity contribution in [2.75, 3.05) is 0 Å². The van der Waals surface area contributed by atoms with E-state index >= 15 is 0 Å². The number of cyclic esters (lactones) is 1. The van der Waals surface area contributed by atoms with Crippen LogP contribution >= 0.6 is 31.9 Å². The third-order valence-corrected chi connectivity index (χ3v) is 3.49. The number of esters is 1. The van der Waals surface area contributed by atoms with Crippen molar-refractivity contribution in [2.45, 2.75) is 6.42 Å². The van der Waals surface area contributed by atoms with Crippen molar-refractivity contribution in [3.8, 4) is 0 Å². The predicted molar refractivity (Wildman–Crippen MR) is 69.2 cm³/mol. The summed E-state index contributed by atoms with van der Waals surface area (Å²) in [6, 6.07) is 9.94. The van der Waals surface area contributed by atoms with E-state index in [1.807, 2.05) is 30.3 Å². The van der Waals surface area contributed by atoms with E-state index in [0.29, 0.717) is 16.7 Å². The van der Waals surface area contributed by atoms with Crippen molar-refractivity contribution in [3.05, 3.63) is 56.7 Å². The number of hydrogen-bond donors (Lipinski definition) is 0. The molecule has 0 bridgehead atoms. The van der Waals surface area contributed by atoms with Gasteiger partial charge in [0.05, 0.1) is 0 Å². The summed E-state index contributed by atoms with van der Waals surface area (Å²) in [6.07, 6.45) is 0.671. The quantitative estimate of drug-likeness (QED) is 0.766. The minimum atomic E-state index is -0.336. The number of carbonyl (C=O) groups excluding carboxylic acids is 1. The van der Waals surface area contributed by atoms with Crippen LogP contribution < -0.4 is 0 Å². The van der Waals surface area contributed by atoms with Gasteiger partial charge in [0.25, 0.3) is 0 Å². The molecular formula is C12H8Br2O2. The first-order valence-corrected chi connectivity index (χ1v) is 6.38. The van der Waals surface area contributed by atoms with E-state index in [1.54, 1.807) is 4.99 Å². The molecule has 82 valence electrons. The monoisotopic (exact) mass is 342 g/mol. The highest BCUT2D eigenvalue weighted by Crippen LogP contribution is 2.33. The summed E-state index contributed by atoms with van der Waals surface area (Å²) < 4.78 is 5.56. The zero-order valence-electron chi connectivity index (χ0n) is 8.24. The van der Waals surface area contributed by atoms with Gasteiger partial charge < -0.3 is 4.74 Å². The summed E-state index contributed by atoms with van der Waals surface area (Å²) in [5.74, 6) is 0.234. The van der Waals surface area contributed by atoms with Crippen LogP contribution in [0.4, 0.5) is 0 Å². The molecular weight excluding hydrogens is 336 g/mol. The second kappa shape index (κ2) is 4.97. The third kappa shape index (κ3) is 2.28. The molecule has 0 radical (unpaired) electrons. The number of hydrogen-bond acceptors (Lipinski definition) is 2. The van der Waals surface area contributed by atoms with E-state index in [2.05, 4.69) is 31.9 Å². The maximum Gasteiger partial charge on any atom is 0.351 e. The van der Waals surface area contributed by atoms with Gasteiger partial charge in [-0.1, -0.05) is 46.3 Å². The minimum Gasteiger partial charge on any atom is -0.422 e. The second-order valence-electron chi connectivity index (χ2n) is 3.32. The summed E-state index contributed by atoms with van der Waals surface area (Å²) >= 11 is 6.44. The number of ether oxygens (including phenoxy) is 1. The standard InChI is InChI=1S/C12H8Br2O2/c13-7-10-9(11(14)12(15)16-10)6-8-4-2-1-3-5-8/h1-5,7H,6H2/b10-7-. The van der Waals surface area contributed by atoms with Crippen LogP contribution in [0.25, 0.3) is 0 Å². The molecule has 0 aromatic heterocycles. The molecule has 1 aromatic rings. The highest BCUT2D eigenvalue weighted by Gasteiger charge is 2.27. The SMILES string of the molecule is O=C1O/C(=C\Br)C(Cc2ccccc2)=C1Br. The maximum atomic E-state index is 11.4. The van der Waals surface area contributed by atoms with Crippen LogP contribution in [0.15, 0.2) is 51.1 Å². The molecule has 1 aliphatic heterocycles. The molecule has 1 aromatic carbocycles. The molecule has 4 heteroatoms. The highest BCUT2D eigenvalue weighted by atomic mass is 79.9. The van der Waals surface area contributed by atoms with Crippen LogP contribution in [-0.4, -0.2) is 5.97 Å². The van der Waals surface area contributed by atoms with Gasteiger partial charge in [0.15, 0.2) is 0 Å². The molecule has 0 atom stereocenters. The molecule has 16 heavy (non-hydrogen) atoms. The fourth-order valence-electron chi connectivity index (χ4n) is 1.49. The van der Waals surface area contributed by atoms with Crippen molar-refractivity contribution >= 4 is 37.8 Å². The van der Waals surface area contributed by atoms with Crippen molar-refractivity contribution in [2.24, 2.45) is 0 Å². The molecule has 0 unspecified atom stereocenters. The van der Waals surface area contributed by atoms with E-state index in [1.165, 1.54) is 0 Å². The Labute approximate surface area is 110 Å². The molecule has 0 spiro atoms. The Morgan fingerprint density at radius 2 is 1.94 bits per heavy atom. The molecule has 1 aliphatic rings. The van der Waals surface area contributed by atoms with Gasteiger partial charge in [-0.25, -0.2) is 4.79 Å². The molecule has 0 N–H and O–H groups in total. The van der Waals surface area contributed by atoms with Gasteiger partial charge in [0.2, 0.25) is 0 Å². The lowest BCUT2D eigenvalue weighted by atomic mass is 10.0. The fraction of sp³-hybridized carbons (Fsp3) is 0.0833. The van der Waals surface area contributed by atoms with Crippen molar-refractivity contribution in [3.63, 3.8) is 0 Å². The molecule has 1 heterocycles. The van der Waals surface area contributed by atoms with Crippen molar-refractivity contribution in [1.82, 2.24) is 0 Å². The van der Waals surface area contributed by atoms with Gasteiger partial charge in [-0.15, -0.1) is 0 Å². The van der Waals surface area contributed by atoms with Crippen LogP contribution in [0.5, 0.6) is 0 Å². The van der Waals surface area contributed by atoms with Crippen molar-refractivity contribution in [1.29, 1.82) is 0 Å². The van der Waals surface area contributed by atoms with Gasteiger partial charge in [-0.3, -0.25) is 0 Å². The summed E-state index contributed by atoms with van der Waals surface area (Å²) in [6.45, 7) is 0. The normalized spacial score (nSPS) is 18.1. The molecule has 0 fully saturated rings. The lowest BCUT2D eigenvalue weighted by molar-refractivity contribution is -0.132. The minimum absolute atomic E-state index is 0.336. The lowest BCUT2D eigenvalue weighted by Crippen LogP contribution is -1.92. The van der Waals surface area contributed by atoms with E-state index in [4.69, 9.17) is 4.74 Å². The molecule has 2 rings (SSSR count). The lowest BCUT2D eigenvalue weighted by Gasteiger charge is -2.03. The average Bonchev–Trinajstić information content (AvgIpc) is 2.58. The van der Waals surface area contributed by atoms with Gasteiger partial charge >= 0.3 is 5.97 Å². The number of allylic oxidation sites excluding steroid dienone is 1. The first-order chi connectivity index (χ1) is 7.72. The van der Waals surface area contributed by atoms with Gasteiger partial charge in [0, 0.05) is 17.0 Å². The van der Waals surface area contributed by atoms with Gasteiger partial charge in [0.1, 0.15) is 10.2 Å². The number of rotatable bonds is 2. The van der Waals surface area contributed by atoms with E-state index in [0.717, 1.165) is 11.1 Å². The average molecular weight is 344 g/mol. The predicted octanol–water partition coefficient (Wildman–Crippen LogP) is 3.67. The Morgan fingerprint density at radius 3 is 2.56 bits per heavy atom. The van der Waals surface area contributed by atoms with E-state index in [9.17, 15) is 4.79 Å². The molecule has 0 aliphatic carbocycles. The van der Waals surface area contributed by atoms with Crippen LogP contribution in [0.1, 0.15) is 5.56 Å². The molecule has 0 saturated carbocycles. The van der Waals surface area contributed by atoms with Gasteiger partial charge in [-0.2, -0.15) is 0 Å². The Kier molecular flexibility index (Phi) is 3.61. The molecule has 2 nitrogen and oxygen atoms in total. The zero-order chi connectivity index (χ0) is 11.5. The number of carbonyl (C=O) groups is 1. The first-order valence-electron chi connectivity index (χ1n) is 4.68. The summed E-state index contributed by atoms with van der Waals surface area (Å²) in [4.78, 5) is 13.0. The van der Waals surface area contributed by atoms with Gasteiger partial charge in [-0.05, 0) is 21.5 Å². The molecule has 0 saturated heterocycles. The fourth-order valence-corrected chi connectivity index (χ4v) is 2.28.